The van der Waals surface area contributed by atoms with E-state index in [1.165, 1.54) is 11.1 Å². The van der Waals surface area contributed by atoms with Crippen LogP contribution in [0.5, 0.6) is 0 Å². The van der Waals surface area contributed by atoms with Crippen LogP contribution < -0.4 is 0 Å². The van der Waals surface area contributed by atoms with Gasteiger partial charge in [0, 0.05) is 6.42 Å². The van der Waals surface area contributed by atoms with Gasteiger partial charge in [-0.2, -0.15) is 0 Å². The zero-order valence-electron chi connectivity index (χ0n) is 7.25. The SMILES string of the molecule is C#CCC=Cc1ccccc1C. The first-order valence-corrected chi connectivity index (χ1v) is 4.00. The van der Waals surface area contributed by atoms with E-state index in [4.69, 9.17) is 6.42 Å². The van der Waals surface area contributed by atoms with Crippen molar-refractivity contribution < 1.29 is 0 Å². The minimum Gasteiger partial charge on any atom is -0.120 e. The molecular weight excluding hydrogens is 144 g/mol. The number of allylic oxidation sites excluding steroid dienone is 1. The Labute approximate surface area is 73.9 Å². The third-order valence-electron chi connectivity index (χ3n) is 1.72. The van der Waals surface area contributed by atoms with Crippen LogP contribution in [0.25, 0.3) is 6.08 Å². The summed E-state index contributed by atoms with van der Waals surface area (Å²) in [7, 11) is 0. The molecule has 1 aromatic rings. The minimum absolute atomic E-state index is 0.703. The Bertz CT molecular complexity index is 313. The third-order valence-corrected chi connectivity index (χ3v) is 1.72. The summed E-state index contributed by atoms with van der Waals surface area (Å²) < 4.78 is 0. The van der Waals surface area contributed by atoms with Crippen LogP contribution in [0.2, 0.25) is 0 Å². The maximum absolute atomic E-state index is 5.13. The Kier molecular flexibility index (Phi) is 3.17. The summed E-state index contributed by atoms with van der Waals surface area (Å²) >= 11 is 0. The van der Waals surface area contributed by atoms with Gasteiger partial charge in [0.25, 0.3) is 0 Å². The molecule has 0 nitrogen and oxygen atoms in total. The van der Waals surface area contributed by atoms with Crippen molar-refractivity contribution >= 4 is 6.08 Å². The number of hydrogen-bond donors (Lipinski definition) is 0. The predicted molar refractivity (Wildman–Crippen MR) is 53.7 cm³/mol. The summed E-state index contributed by atoms with van der Waals surface area (Å²) in [5.41, 5.74) is 2.53. The first kappa shape index (κ1) is 8.62. The van der Waals surface area contributed by atoms with Crippen LogP contribution in [-0.4, -0.2) is 0 Å². The largest absolute Gasteiger partial charge is 0.120 e. The van der Waals surface area contributed by atoms with Gasteiger partial charge in [0.05, 0.1) is 0 Å². The van der Waals surface area contributed by atoms with Crippen molar-refractivity contribution in [3.05, 3.63) is 41.5 Å². The second kappa shape index (κ2) is 4.41. The van der Waals surface area contributed by atoms with Crippen molar-refractivity contribution in [2.24, 2.45) is 0 Å². The highest BCUT2D eigenvalue weighted by Crippen LogP contribution is 2.08. The molecule has 0 spiro atoms. The van der Waals surface area contributed by atoms with E-state index in [9.17, 15) is 0 Å². The van der Waals surface area contributed by atoms with Gasteiger partial charge in [-0.15, -0.1) is 12.3 Å². The standard InChI is InChI=1S/C12H12/c1-3-4-5-9-12-10-7-6-8-11(12)2/h1,5-10H,4H2,2H3. The fraction of sp³-hybridized carbons (Fsp3) is 0.167. The van der Waals surface area contributed by atoms with Crippen molar-refractivity contribution in [1.29, 1.82) is 0 Å². The van der Waals surface area contributed by atoms with Gasteiger partial charge in [0.2, 0.25) is 0 Å². The Hall–Kier alpha value is -1.48. The normalized spacial score (nSPS) is 10.0. The summed E-state index contributed by atoms with van der Waals surface area (Å²) in [6.07, 6.45) is 9.90. The number of benzene rings is 1. The average Bonchev–Trinajstić information content (AvgIpc) is 2.09. The Balaban J connectivity index is 2.77. The van der Waals surface area contributed by atoms with E-state index < -0.39 is 0 Å². The van der Waals surface area contributed by atoms with Gasteiger partial charge >= 0.3 is 0 Å². The van der Waals surface area contributed by atoms with Gasteiger partial charge in [-0.1, -0.05) is 36.4 Å². The molecular formula is C12H12. The molecule has 1 rings (SSSR count). The fourth-order valence-corrected chi connectivity index (χ4v) is 1.03. The lowest BCUT2D eigenvalue weighted by atomic mass is 10.1. The van der Waals surface area contributed by atoms with E-state index in [1.54, 1.807) is 0 Å². The zero-order chi connectivity index (χ0) is 8.81. The van der Waals surface area contributed by atoms with E-state index in [1.807, 2.05) is 18.2 Å². The van der Waals surface area contributed by atoms with Crippen molar-refractivity contribution in [2.75, 3.05) is 0 Å². The first-order chi connectivity index (χ1) is 5.84. The highest BCUT2D eigenvalue weighted by Gasteiger charge is 1.88. The van der Waals surface area contributed by atoms with Crippen molar-refractivity contribution in [3.8, 4) is 12.3 Å². The van der Waals surface area contributed by atoms with Gasteiger partial charge < -0.3 is 0 Å². The van der Waals surface area contributed by atoms with E-state index in [2.05, 4.69) is 31.1 Å². The lowest BCUT2D eigenvalue weighted by Gasteiger charge is -1.96. The second-order valence-corrected chi connectivity index (χ2v) is 2.67. The molecule has 0 atom stereocenters. The van der Waals surface area contributed by atoms with Gasteiger partial charge in [-0.05, 0) is 18.1 Å². The maximum Gasteiger partial charge on any atom is 0.0270 e. The van der Waals surface area contributed by atoms with Crippen molar-refractivity contribution in [2.45, 2.75) is 13.3 Å². The van der Waals surface area contributed by atoms with Crippen LogP contribution in [0.4, 0.5) is 0 Å². The van der Waals surface area contributed by atoms with Crippen LogP contribution in [0.15, 0.2) is 30.3 Å². The molecule has 0 aliphatic carbocycles. The lowest BCUT2D eigenvalue weighted by molar-refractivity contribution is 1.43. The summed E-state index contributed by atoms with van der Waals surface area (Å²) in [5, 5.41) is 0. The molecule has 0 N–H and O–H groups in total. The average molecular weight is 156 g/mol. The molecule has 0 aromatic heterocycles. The van der Waals surface area contributed by atoms with E-state index in [0.717, 1.165) is 0 Å². The summed E-state index contributed by atoms with van der Waals surface area (Å²) in [4.78, 5) is 0. The van der Waals surface area contributed by atoms with Crippen LogP contribution in [-0.2, 0) is 0 Å². The molecule has 0 heterocycles. The predicted octanol–water partition coefficient (Wildman–Crippen LogP) is 3.03. The van der Waals surface area contributed by atoms with Crippen LogP contribution in [0.3, 0.4) is 0 Å². The van der Waals surface area contributed by atoms with E-state index >= 15 is 0 Å². The van der Waals surface area contributed by atoms with E-state index in [0.29, 0.717) is 6.42 Å². The number of hydrogen-bond acceptors (Lipinski definition) is 0. The van der Waals surface area contributed by atoms with Crippen molar-refractivity contribution in [1.82, 2.24) is 0 Å². The third kappa shape index (κ3) is 2.29. The van der Waals surface area contributed by atoms with Gasteiger partial charge in [-0.25, -0.2) is 0 Å². The molecule has 0 aliphatic heterocycles. The van der Waals surface area contributed by atoms with Crippen LogP contribution in [0.1, 0.15) is 17.5 Å². The summed E-state index contributed by atoms with van der Waals surface area (Å²) in [6, 6.07) is 8.24. The Morgan fingerprint density at radius 1 is 1.42 bits per heavy atom. The first-order valence-electron chi connectivity index (χ1n) is 4.00. The Morgan fingerprint density at radius 3 is 2.83 bits per heavy atom. The molecule has 0 unspecified atom stereocenters. The van der Waals surface area contributed by atoms with Crippen molar-refractivity contribution in [3.63, 3.8) is 0 Å². The molecule has 1 aromatic carbocycles. The number of rotatable bonds is 2. The molecule has 0 saturated carbocycles. The van der Waals surface area contributed by atoms with Gasteiger partial charge in [-0.3, -0.25) is 0 Å². The number of terminal acetylenes is 1. The smallest absolute Gasteiger partial charge is 0.0270 e. The van der Waals surface area contributed by atoms with Gasteiger partial charge in [0.1, 0.15) is 0 Å². The molecule has 0 heteroatoms. The topological polar surface area (TPSA) is 0 Å². The highest BCUT2D eigenvalue weighted by molar-refractivity contribution is 5.53. The van der Waals surface area contributed by atoms with Gasteiger partial charge in [0.15, 0.2) is 0 Å². The molecule has 0 amide bonds. The maximum atomic E-state index is 5.13. The highest BCUT2D eigenvalue weighted by atomic mass is 13.9. The fourth-order valence-electron chi connectivity index (χ4n) is 1.03. The summed E-state index contributed by atoms with van der Waals surface area (Å²) in [6.45, 7) is 2.09. The molecule has 0 fully saturated rings. The Morgan fingerprint density at radius 2 is 2.17 bits per heavy atom. The minimum atomic E-state index is 0.703. The lowest BCUT2D eigenvalue weighted by Crippen LogP contribution is -1.77. The molecule has 0 saturated heterocycles. The number of aryl methyl sites for hydroxylation is 1. The second-order valence-electron chi connectivity index (χ2n) is 2.67. The zero-order valence-corrected chi connectivity index (χ0v) is 7.25. The van der Waals surface area contributed by atoms with Crippen LogP contribution >= 0.6 is 0 Å². The molecule has 60 valence electrons. The molecule has 0 radical (unpaired) electrons. The monoisotopic (exact) mass is 156 g/mol. The quantitative estimate of drug-likeness (QED) is 0.577. The molecule has 0 aliphatic rings. The summed E-state index contributed by atoms with van der Waals surface area (Å²) in [5.74, 6) is 2.57. The molecule has 12 heavy (non-hydrogen) atoms. The van der Waals surface area contributed by atoms with Crippen LogP contribution in [0, 0.1) is 19.3 Å². The van der Waals surface area contributed by atoms with E-state index in [-0.39, 0.29) is 0 Å². The molecule has 0 bridgehead atoms.